The third kappa shape index (κ3) is 7.78. The Hall–Kier alpha value is -1.57. The van der Waals surface area contributed by atoms with Crippen molar-refractivity contribution in [2.24, 2.45) is 0 Å². The van der Waals surface area contributed by atoms with Gasteiger partial charge in [-0.15, -0.1) is 0 Å². The first-order chi connectivity index (χ1) is 9.86. The second-order valence-electron chi connectivity index (χ2n) is 4.42. The molecule has 4 heteroatoms. The van der Waals surface area contributed by atoms with E-state index in [1.54, 1.807) is 24.3 Å². The molecule has 0 spiro atoms. The Balaban J connectivity index is 1.93. The van der Waals surface area contributed by atoms with Crippen molar-refractivity contribution in [2.45, 2.75) is 26.2 Å². The van der Waals surface area contributed by atoms with Crippen LogP contribution in [0.3, 0.4) is 0 Å². The van der Waals surface area contributed by atoms with E-state index in [-0.39, 0.29) is 0 Å². The van der Waals surface area contributed by atoms with Crippen LogP contribution in [0.5, 0.6) is 5.75 Å². The number of ether oxygens (including phenoxy) is 3. The number of nitrogens with zero attached hydrogens (tertiary/aromatic N) is 1. The van der Waals surface area contributed by atoms with Crippen molar-refractivity contribution in [3.63, 3.8) is 0 Å². The molecule has 20 heavy (non-hydrogen) atoms. The van der Waals surface area contributed by atoms with Gasteiger partial charge in [0.15, 0.2) is 0 Å². The summed E-state index contributed by atoms with van der Waals surface area (Å²) >= 11 is 0. The molecule has 0 amide bonds. The average Bonchev–Trinajstić information content (AvgIpc) is 2.50. The zero-order valence-electron chi connectivity index (χ0n) is 12.1. The number of rotatable bonds is 11. The molecule has 1 aromatic carbocycles. The van der Waals surface area contributed by atoms with Gasteiger partial charge in [-0.25, -0.2) is 0 Å². The predicted octanol–water partition coefficient (Wildman–Crippen LogP) is 3.16. The van der Waals surface area contributed by atoms with E-state index in [9.17, 15) is 0 Å². The van der Waals surface area contributed by atoms with E-state index in [1.165, 1.54) is 0 Å². The van der Waals surface area contributed by atoms with Gasteiger partial charge < -0.3 is 14.2 Å². The van der Waals surface area contributed by atoms with Gasteiger partial charge in [-0.3, -0.25) is 0 Å². The number of hydrogen-bond donors (Lipinski definition) is 0. The third-order valence-electron chi connectivity index (χ3n) is 2.70. The maximum Gasteiger partial charge on any atom is 0.119 e. The molecule has 110 valence electrons. The molecular formula is C16H23NO3. The quantitative estimate of drug-likeness (QED) is 0.583. The van der Waals surface area contributed by atoms with Crippen LogP contribution in [0.15, 0.2) is 24.3 Å². The Morgan fingerprint density at radius 1 is 0.900 bits per heavy atom. The highest BCUT2D eigenvalue weighted by Crippen LogP contribution is 2.11. The Kier molecular flexibility index (Phi) is 9.29. The number of nitriles is 1. The summed E-state index contributed by atoms with van der Waals surface area (Å²) in [7, 11) is 0. The Morgan fingerprint density at radius 3 is 2.15 bits per heavy atom. The highest BCUT2D eigenvalue weighted by Gasteiger charge is 1.95. The van der Waals surface area contributed by atoms with E-state index in [0.29, 0.717) is 32.0 Å². The number of benzene rings is 1. The number of unbranched alkanes of at least 4 members (excludes halogenated alkanes) is 1. The molecule has 0 saturated heterocycles. The van der Waals surface area contributed by atoms with Crippen LogP contribution >= 0.6 is 0 Å². The molecule has 0 aliphatic carbocycles. The van der Waals surface area contributed by atoms with Gasteiger partial charge in [-0.1, -0.05) is 13.3 Å². The first-order valence-electron chi connectivity index (χ1n) is 7.15. The van der Waals surface area contributed by atoms with Crippen LogP contribution in [0.2, 0.25) is 0 Å². The van der Waals surface area contributed by atoms with Crippen LogP contribution < -0.4 is 4.74 Å². The molecular weight excluding hydrogens is 254 g/mol. The maximum absolute atomic E-state index is 8.68. The standard InChI is InChI=1S/C16H23NO3/c1-2-3-9-18-12-13-19-10-4-11-20-16-7-5-15(14-17)6-8-16/h5-8H,2-4,9-13H2,1H3. The van der Waals surface area contributed by atoms with Crippen molar-refractivity contribution in [2.75, 3.05) is 33.0 Å². The second-order valence-corrected chi connectivity index (χ2v) is 4.42. The normalized spacial score (nSPS) is 10.2. The van der Waals surface area contributed by atoms with E-state index in [2.05, 4.69) is 13.0 Å². The summed E-state index contributed by atoms with van der Waals surface area (Å²) in [6.45, 7) is 5.56. The lowest BCUT2D eigenvalue weighted by molar-refractivity contribution is 0.0426. The summed E-state index contributed by atoms with van der Waals surface area (Å²) in [6.07, 6.45) is 3.11. The molecule has 0 aromatic heterocycles. The lowest BCUT2D eigenvalue weighted by Gasteiger charge is -2.07. The zero-order valence-corrected chi connectivity index (χ0v) is 12.1. The van der Waals surface area contributed by atoms with E-state index < -0.39 is 0 Å². The van der Waals surface area contributed by atoms with Crippen molar-refractivity contribution in [3.05, 3.63) is 29.8 Å². The summed E-state index contributed by atoms with van der Waals surface area (Å²) in [4.78, 5) is 0. The van der Waals surface area contributed by atoms with Crippen LogP contribution in [0.25, 0.3) is 0 Å². The first-order valence-corrected chi connectivity index (χ1v) is 7.15. The maximum atomic E-state index is 8.68. The van der Waals surface area contributed by atoms with Gasteiger partial charge in [0.25, 0.3) is 0 Å². The topological polar surface area (TPSA) is 51.5 Å². The van der Waals surface area contributed by atoms with Crippen molar-refractivity contribution >= 4 is 0 Å². The minimum absolute atomic E-state index is 0.614. The molecule has 1 rings (SSSR count). The monoisotopic (exact) mass is 277 g/mol. The lowest BCUT2D eigenvalue weighted by atomic mass is 10.2. The van der Waals surface area contributed by atoms with E-state index in [4.69, 9.17) is 19.5 Å². The second kappa shape index (κ2) is 11.3. The molecule has 0 heterocycles. The van der Waals surface area contributed by atoms with Crippen LogP contribution in [0, 0.1) is 11.3 Å². The minimum atomic E-state index is 0.614. The van der Waals surface area contributed by atoms with Gasteiger partial charge in [0.2, 0.25) is 0 Å². The van der Waals surface area contributed by atoms with Crippen molar-refractivity contribution in [1.29, 1.82) is 5.26 Å². The van der Waals surface area contributed by atoms with Crippen molar-refractivity contribution < 1.29 is 14.2 Å². The molecule has 1 aromatic rings. The molecule has 0 aliphatic rings. The Labute approximate surface area is 121 Å². The first kappa shape index (κ1) is 16.5. The highest BCUT2D eigenvalue weighted by molar-refractivity contribution is 5.34. The van der Waals surface area contributed by atoms with Gasteiger partial charge in [-0.05, 0) is 30.7 Å². The van der Waals surface area contributed by atoms with Gasteiger partial charge in [0.05, 0.1) is 31.5 Å². The number of hydrogen-bond acceptors (Lipinski definition) is 4. The van der Waals surface area contributed by atoms with Gasteiger partial charge in [0, 0.05) is 19.6 Å². The zero-order chi connectivity index (χ0) is 14.5. The molecule has 0 aliphatic heterocycles. The van der Waals surface area contributed by atoms with Crippen LogP contribution in [-0.2, 0) is 9.47 Å². The van der Waals surface area contributed by atoms with E-state index >= 15 is 0 Å². The largest absolute Gasteiger partial charge is 0.494 e. The summed E-state index contributed by atoms with van der Waals surface area (Å²) in [5.74, 6) is 0.784. The SMILES string of the molecule is CCCCOCCOCCCOc1ccc(C#N)cc1. The molecule has 0 radical (unpaired) electrons. The minimum Gasteiger partial charge on any atom is -0.494 e. The predicted molar refractivity (Wildman–Crippen MR) is 77.8 cm³/mol. The van der Waals surface area contributed by atoms with Crippen LogP contribution in [0.1, 0.15) is 31.7 Å². The molecule has 0 saturated carbocycles. The summed E-state index contributed by atoms with van der Waals surface area (Å²) in [5, 5.41) is 8.68. The van der Waals surface area contributed by atoms with Gasteiger partial charge in [-0.2, -0.15) is 5.26 Å². The van der Waals surface area contributed by atoms with Crippen molar-refractivity contribution in [3.8, 4) is 11.8 Å². The molecule has 0 fully saturated rings. The highest BCUT2D eigenvalue weighted by atomic mass is 16.5. The average molecular weight is 277 g/mol. The van der Waals surface area contributed by atoms with Gasteiger partial charge in [0.1, 0.15) is 5.75 Å². The fourth-order valence-electron chi connectivity index (χ4n) is 1.55. The van der Waals surface area contributed by atoms with E-state index in [1.807, 2.05) is 0 Å². The lowest BCUT2D eigenvalue weighted by Crippen LogP contribution is -2.08. The summed E-state index contributed by atoms with van der Waals surface area (Å²) in [6, 6.07) is 9.19. The molecule has 0 N–H and O–H groups in total. The Bertz CT molecular complexity index is 384. The molecule has 0 bridgehead atoms. The van der Waals surface area contributed by atoms with Crippen LogP contribution in [-0.4, -0.2) is 33.0 Å². The smallest absolute Gasteiger partial charge is 0.119 e. The Morgan fingerprint density at radius 2 is 1.55 bits per heavy atom. The summed E-state index contributed by atoms with van der Waals surface area (Å²) in [5.41, 5.74) is 0.642. The molecule has 4 nitrogen and oxygen atoms in total. The fraction of sp³-hybridized carbons (Fsp3) is 0.562. The summed E-state index contributed by atoms with van der Waals surface area (Å²) < 4.78 is 16.4. The van der Waals surface area contributed by atoms with E-state index in [0.717, 1.165) is 31.6 Å². The van der Waals surface area contributed by atoms with Crippen molar-refractivity contribution in [1.82, 2.24) is 0 Å². The molecule has 0 unspecified atom stereocenters. The molecule has 0 atom stereocenters. The fourth-order valence-corrected chi connectivity index (χ4v) is 1.55. The third-order valence-corrected chi connectivity index (χ3v) is 2.70. The van der Waals surface area contributed by atoms with Crippen LogP contribution in [0.4, 0.5) is 0 Å². The van der Waals surface area contributed by atoms with Gasteiger partial charge >= 0.3 is 0 Å².